The van der Waals surface area contributed by atoms with E-state index in [9.17, 15) is 13.2 Å². The van der Waals surface area contributed by atoms with Gasteiger partial charge in [-0.3, -0.25) is 0 Å². The summed E-state index contributed by atoms with van der Waals surface area (Å²) < 4.78 is 39.6. The van der Waals surface area contributed by atoms with Crippen molar-refractivity contribution in [2.75, 3.05) is 6.54 Å². The van der Waals surface area contributed by atoms with Gasteiger partial charge in [-0.15, -0.1) is 0 Å². The van der Waals surface area contributed by atoms with E-state index in [1.54, 1.807) is 0 Å². The van der Waals surface area contributed by atoms with Crippen molar-refractivity contribution >= 4 is 0 Å². The molecule has 0 saturated heterocycles. The minimum absolute atomic E-state index is 0.223. The molecular formula is C15H21F3N2. The second-order valence-electron chi connectivity index (χ2n) is 5.44. The molecule has 1 aromatic rings. The van der Waals surface area contributed by atoms with Gasteiger partial charge in [0, 0.05) is 18.6 Å². The lowest BCUT2D eigenvalue weighted by Crippen LogP contribution is -2.36. The average molecular weight is 286 g/mol. The maximum Gasteiger partial charge on any atom is 0.194 e. The summed E-state index contributed by atoms with van der Waals surface area (Å²) in [4.78, 5) is 0. The molecule has 0 amide bonds. The second-order valence-corrected chi connectivity index (χ2v) is 5.44. The molecule has 2 nitrogen and oxygen atoms in total. The number of halogens is 3. The highest BCUT2D eigenvalue weighted by Crippen LogP contribution is 2.23. The van der Waals surface area contributed by atoms with Gasteiger partial charge < -0.3 is 11.1 Å². The fourth-order valence-electron chi connectivity index (χ4n) is 2.81. The summed E-state index contributed by atoms with van der Waals surface area (Å²) in [6, 6.07) is 2.02. The van der Waals surface area contributed by atoms with Gasteiger partial charge >= 0.3 is 0 Å². The Morgan fingerprint density at radius 2 is 1.60 bits per heavy atom. The molecule has 3 N–H and O–H groups in total. The molecule has 5 heteroatoms. The summed E-state index contributed by atoms with van der Waals surface area (Å²) >= 11 is 0. The first kappa shape index (κ1) is 15.3. The molecule has 0 spiro atoms. The first-order valence-electron chi connectivity index (χ1n) is 7.22. The van der Waals surface area contributed by atoms with E-state index < -0.39 is 17.5 Å². The Balaban J connectivity index is 2.11. The predicted molar refractivity (Wildman–Crippen MR) is 72.7 cm³/mol. The van der Waals surface area contributed by atoms with Crippen molar-refractivity contribution in [2.45, 2.75) is 50.6 Å². The van der Waals surface area contributed by atoms with Gasteiger partial charge in [0.25, 0.3) is 0 Å². The quantitative estimate of drug-likeness (QED) is 0.657. The SMILES string of the molecule is NCC(NC1CCCCCC1)c1cc(F)c(F)c(F)c1. The van der Waals surface area contributed by atoms with Crippen molar-refractivity contribution in [3.05, 3.63) is 35.1 Å². The Morgan fingerprint density at radius 3 is 2.10 bits per heavy atom. The maximum atomic E-state index is 13.3. The summed E-state index contributed by atoms with van der Waals surface area (Å²) in [5.74, 6) is -3.76. The van der Waals surface area contributed by atoms with E-state index in [4.69, 9.17) is 5.73 Å². The molecule has 1 aromatic carbocycles. The largest absolute Gasteiger partial charge is 0.329 e. The van der Waals surface area contributed by atoms with Crippen LogP contribution in [0.5, 0.6) is 0 Å². The smallest absolute Gasteiger partial charge is 0.194 e. The Labute approximate surface area is 117 Å². The van der Waals surface area contributed by atoms with E-state index >= 15 is 0 Å². The Bertz CT molecular complexity index is 420. The van der Waals surface area contributed by atoms with Gasteiger partial charge in [0.05, 0.1) is 0 Å². The lowest BCUT2D eigenvalue weighted by atomic mass is 10.0. The first-order chi connectivity index (χ1) is 9.61. The monoisotopic (exact) mass is 286 g/mol. The number of nitrogens with two attached hydrogens (primary N) is 1. The van der Waals surface area contributed by atoms with Crippen molar-refractivity contribution in [2.24, 2.45) is 5.73 Å². The van der Waals surface area contributed by atoms with Gasteiger partial charge in [-0.2, -0.15) is 0 Å². The standard InChI is InChI=1S/C15H21F3N2/c16-12-7-10(8-13(17)15(12)18)14(9-19)20-11-5-3-1-2-4-6-11/h7-8,11,14,20H,1-6,9,19H2. The number of rotatable bonds is 4. The highest BCUT2D eigenvalue weighted by Gasteiger charge is 2.20. The van der Waals surface area contributed by atoms with Gasteiger partial charge in [-0.25, -0.2) is 13.2 Å². The number of hydrogen-bond donors (Lipinski definition) is 2. The van der Waals surface area contributed by atoms with Crippen LogP contribution in [0.2, 0.25) is 0 Å². The third kappa shape index (κ3) is 3.73. The second kappa shape index (κ2) is 7.09. The normalized spacial score (nSPS) is 18.8. The Kier molecular flexibility index (Phi) is 5.43. The first-order valence-corrected chi connectivity index (χ1v) is 7.22. The number of hydrogen-bond acceptors (Lipinski definition) is 2. The molecule has 1 aliphatic carbocycles. The van der Waals surface area contributed by atoms with Crippen LogP contribution in [0.1, 0.15) is 50.1 Å². The average Bonchev–Trinajstić information content (AvgIpc) is 2.70. The highest BCUT2D eigenvalue weighted by molar-refractivity contribution is 5.23. The highest BCUT2D eigenvalue weighted by atomic mass is 19.2. The molecule has 1 saturated carbocycles. The molecule has 1 aliphatic rings. The summed E-state index contributed by atoms with van der Waals surface area (Å²) in [6.45, 7) is 0.223. The molecule has 1 fully saturated rings. The zero-order valence-corrected chi connectivity index (χ0v) is 11.5. The number of nitrogens with one attached hydrogen (secondary N) is 1. The minimum atomic E-state index is -1.43. The zero-order valence-electron chi connectivity index (χ0n) is 11.5. The van der Waals surface area contributed by atoms with Crippen molar-refractivity contribution < 1.29 is 13.2 Å². The molecule has 112 valence electrons. The third-order valence-electron chi connectivity index (χ3n) is 3.94. The van der Waals surface area contributed by atoms with Crippen molar-refractivity contribution in [1.82, 2.24) is 5.32 Å². The fraction of sp³-hybridized carbons (Fsp3) is 0.600. The van der Waals surface area contributed by atoms with E-state index in [0.717, 1.165) is 37.8 Å². The van der Waals surface area contributed by atoms with Crippen LogP contribution in [-0.4, -0.2) is 12.6 Å². The molecule has 1 atom stereocenters. The van der Waals surface area contributed by atoms with Crippen LogP contribution in [0.3, 0.4) is 0 Å². The van der Waals surface area contributed by atoms with Crippen LogP contribution in [0.4, 0.5) is 13.2 Å². The lowest BCUT2D eigenvalue weighted by Gasteiger charge is -2.24. The van der Waals surface area contributed by atoms with Crippen molar-refractivity contribution in [3.8, 4) is 0 Å². The van der Waals surface area contributed by atoms with E-state index in [2.05, 4.69) is 5.32 Å². The molecule has 0 radical (unpaired) electrons. The van der Waals surface area contributed by atoms with Crippen molar-refractivity contribution in [1.29, 1.82) is 0 Å². The van der Waals surface area contributed by atoms with Crippen LogP contribution in [-0.2, 0) is 0 Å². The molecule has 0 bridgehead atoms. The summed E-state index contributed by atoms with van der Waals surface area (Å²) in [5, 5.41) is 3.36. The topological polar surface area (TPSA) is 38.0 Å². The van der Waals surface area contributed by atoms with E-state index in [0.29, 0.717) is 11.6 Å². The Morgan fingerprint density at radius 1 is 1.05 bits per heavy atom. The van der Waals surface area contributed by atoms with Gasteiger partial charge in [-0.1, -0.05) is 25.7 Å². The predicted octanol–water partition coefficient (Wildman–Crippen LogP) is 3.42. The molecular weight excluding hydrogens is 265 g/mol. The van der Waals surface area contributed by atoms with Crippen LogP contribution in [0, 0.1) is 17.5 Å². The molecule has 0 heterocycles. The van der Waals surface area contributed by atoms with Crippen LogP contribution in [0.25, 0.3) is 0 Å². The van der Waals surface area contributed by atoms with Crippen LogP contribution >= 0.6 is 0 Å². The third-order valence-corrected chi connectivity index (χ3v) is 3.94. The van der Waals surface area contributed by atoms with Crippen LogP contribution < -0.4 is 11.1 Å². The summed E-state index contributed by atoms with van der Waals surface area (Å²) in [7, 11) is 0. The molecule has 2 rings (SSSR count). The van der Waals surface area contributed by atoms with Crippen molar-refractivity contribution in [3.63, 3.8) is 0 Å². The maximum absolute atomic E-state index is 13.3. The summed E-state index contributed by atoms with van der Waals surface area (Å²) in [6.07, 6.45) is 6.85. The minimum Gasteiger partial charge on any atom is -0.329 e. The van der Waals surface area contributed by atoms with Gasteiger partial charge in [0.1, 0.15) is 0 Å². The molecule has 0 aromatic heterocycles. The van der Waals surface area contributed by atoms with Gasteiger partial charge in [0.15, 0.2) is 17.5 Å². The molecule has 0 aliphatic heterocycles. The Hall–Kier alpha value is -1.07. The van der Waals surface area contributed by atoms with Gasteiger partial charge in [0.2, 0.25) is 0 Å². The van der Waals surface area contributed by atoms with Gasteiger partial charge in [-0.05, 0) is 30.5 Å². The lowest BCUT2D eigenvalue weighted by molar-refractivity contribution is 0.395. The number of benzene rings is 1. The van der Waals surface area contributed by atoms with E-state index in [1.807, 2.05) is 0 Å². The fourth-order valence-corrected chi connectivity index (χ4v) is 2.81. The van der Waals surface area contributed by atoms with E-state index in [1.165, 1.54) is 12.8 Å². The molecule has 1 unspecified atom stereocenters. The van der Waals surface area contributed by atoms with Crippen LogP contribution in [0.15, 0.2) is 12.1 Å². The summed E-state index contributed by atoms with van der Waals surface area (Å²) in [5.41, 5.74) is 6.07. The van der Waals surface area contributed by atoms with E-state index in [-0.39, 0.29) is 12.6 Å². The molecule has 20 heavy (non-hydrogen) atoms. The zero-order chi connectivity index (χ0) is 14.5.